The molecule has 0 aromatic carbocycles. The zero-order valence-corrected chi connectivity index (χ0v) is 12.2. The third kappa shape index (κ3) is 3.32. The van der Waals surface area contributed by atoms with Gasteiger partial charge in [-0.2, -0.15) is 0 Å². The van der Waals surface area contributed by atoms with E-state index in [0.717, 1.165) is 31.7 Å². The Hall–Kier alpha value is -0.970. The molecule has 0 bridgehead atoms. The SMILES string of the molecule is CC(C)(C(=O)Cc1ccncc1Cl)N1CCNCC1. The topological polar surface area (TPSA) is 45.2 Å². The third-order valence-corrected chi connectivity index (χ3v) is 4.14. The van der Waals surface area contributed by atoms with Crippen LogP contribution in [0.4, 0.5) is 0 Å². The van der Waals surface area contributed by atoms with Gasteiger partial charge in [-0.1, -0.05) is 11.6 Å². The maximum Gasteiger partial charge on any atom is 0.156 e. The predicted molar refractivity (Wildman–Crippen MR) is 76.5 cm³/mol. The van der Waals surface area contributed by atoms with E-state index in [0.29, 0.717) is 11.4 Å². The highest BCUT2D eigenvalue weighted by Gasteiger charge is 2.34. The van der Waals surface area contributed by atoms with Gasteiger partial charge in [0.15, 0.2) is 5.78 Å². The highest BCUT2D eigenvalue weighted by atomic mass is 35.5. The zero-order chi connectivity index (χ0) is 13.9. The van der Waals surface area contributed by atoms with Crippen molar-refractivity contribution in [3.63, 3.8) is 0 Å². The number of carbonyl (C=O) groups is 1. The molecule has 1 aliphatic rings. The minimum atomic E-state index is -0.450. The van der Waals surface area contributed by atoms with Crippen molar-refractivity contribution in [2.75, 3.05) is 26.2 Å². The molecular formula is C14H20ClN3O. The second kappa shape index (κ2) is 5.99. The van der Waals surface area contributed by atoms with Gasteiger partial charge >= 0.3 is 0 Å². The van der Waals surface area contributed by atoms with Gasteiger partial charge in [0.1, 0.15) is 0 Å². The summed E-state index contributed by atoms with van der Waals surface area (Å²) in [6.45, 7) is 7.68. The first-order valence-corrected chi connectivity index (χ1v) is 6.97. The number of ketones is 1. The van der Waals surface area contributed by atoms with Gasteiger partial charge in [-0.05, 0) is 25.5 Å². The summed E-state index contributed by atoms with van der Waals surface area (Å²) in [7, 11) is 0. The molecule has 0 amide bonds. The Labute approximate surface area is 119 Å². The van der Waals surface area contributed by atoms with Crippen molar-refractivity contribution < 1.29 is 4.79 Å². The summed E-state index contributed by atoms with van der Waals surface area (Å²) in [6.07, 6.45) is 3.62. The minimum absolute atomic E-state index is 0.197. The monoisotopic (exact) mass is 281 g/mol. The highest BCUT2D eigenvalue weighted by Crippen LogP contribution is 2.21. The fourth-order valence-corrected chi connectivity index (χ4v) is 2.52. The van der Waals surface area contributed by atoms with Crippen LogP contribution in [0.15, 0.2) is 18.5 Å². The average Bonchev–Trinajstić information content (AvgIpc) is 2.42. The molecule has 0 spiro atoms. The zero-order valence-electron chi connectivity index (χ0n) is 11.4. The van der Waals surface area contributed by atoms with Gasteiger partial charge < -0.3 is 5.32 Å². The van der Waals surface area contributed by atoms with Crippen LogP contribution >= 0.6 is 11.6 Å². The number of nitrogens with one attached hydrogen (secondary N) is 1. The molecule has 1 aromatic rings. The lowest BCUT2D eigenvalue weighted by Gasteiger charge is -2.40. The van der Waals surface area contributed by atoms with E-state index in [4.69, 9.17) is 11.6 Å². The van der Waals surface area contributed by atoms with E-state index in [1.54, 1.807) is 12.4 Å². The van der Waals surface area contributed by atoms with Gasteiger partial charge in [0.2, 0.25) is 0 Å². The van der Waals surface area contributed by atoms with E-state index < -0.39 is 5.54 Å². The van der Waals surface area contributed by atoms with Crippen LogP contribution in [0.1, 0.15) is 19.4 Å². The van der Waals surface area contributed by atoms with Gasteiger partial charge in [0.25, 0.3) is 0 Å². The second-order valence-electron chi connectivity index (χ2n) is 5.36. The Balaban J connectivity index is 2.08. The first-order valence-electron chi connectivity index (χ1n) is 6.59. The van der Waals surface area contributed by atoms with Gasteiger partial charge in [0.05, 0.1) is 10.6 Å². The lowest BCUT2D eigenvalue weighted by Crippen LogP contribution is -2.57. The molecule has 1 aliphatic heterocycles. The standard InChI is InChI=1S/C14H20ClN3O/c1-14(2,18-7-5-16-6-8-18)13(19)9-11-3-4-17-10-12(11)15/h3-4,10,16H,5-9H2,1-2H3. The highest BCUT2D eigenvalue weighted by molar-refractivity contribution is 6.31. The molecule has 5 heteroatoms. The molecule has 1 N–H and O–H groups in total. The van der Waals surface area contributed by atoms with Gasteiger partial charge in [-0.3, -0.25) is 14.7 Å². The first-order chi connectivity index (χ1) is 9.01. The molecule has 1 aromatic heterocycles. The van der Waals surface area contributed by atoms with Gasteiger partial charge in [-0.15, -0.1) is 0 Å². The number of nitrogens with zero attached hydrogens (tertiary/aromatic N) is 2. The summed E-state index contributed by atoms with van der Waals surface area (Å²) < 4.78 is 0. The summed E-state index contributed by atoms with van der Waals surface area (Å²) >= 11 is 6.07. The van der Waals surface area contributed by atoms with E-state index in [1.165, 1.54) is 0 Å². The van der Waals surface area contributed by atoms with Crippen molar-refractivity contribution in [1.82, 2.24) is 15.2 Å². The van der Waals surface area contributed by atoms with Crippen LogP contribution in [0.25, 0.3) is 0 Å². The second-order valence-corrected chi connectivity index (χ2v) is 5.77. The van der Waals surface area contributed by atoms with Crippen LogP contribution in [-0.2, 0) is 11.2 Å². The summed E-state index contributed by atoms with van der Waals surface area (Å²) in [4.78, 5) is 18.7. The number of piperazine rings is 1. The van der Waals surface area contributed by atoms with Gasteiger partial charge in [0, 0.05) is 45.0 Å². The minimum Gasteiger partial charge on any atom is -0.314 e. The lowest BCUT2D eigenvalue weighted by atomic mass is 9.91. The number of hydrogen-bond acceptors (Lipinski definition) is 4. The van der Waals surface area contributed by atoms with Crippen molar-refractivity contribution in [2.45, 2.75) is 25.8 Å². The molecule has 2 rings (SSSR count). The largest absolute Gasteiger partial charge is 0.314 e. The maximum atomic E-state index is 12.5. The molecule has 0 unspecified atom stereocenters. The molecule has 0 aliphatic carbocycles. The Kier molecular flexibility index (Phi) is 4.55. The molecular weight excluding hydrogens is 262 g/mol. The Morgan fingerprint density at radius 3 is 2.79 bits per heavy atom. The van der Waals surface area contributed by atoms with E-state index in [1.807, 2.05) is 19.9 Å². The number of pyridine rings is 1. The van der Waals surface area contributed by atoms with Crippen molar-refractivity contribution in [3.05, 3.63) is 29.0 Å². The summed E-state index contributed by atoms with van der Waals surface area (Å²) in [5.41, 5.74) is 0.402. The number of rotatable bonds is 4. The lowest BCUT2D eigenvalue weighted by molar-refractivity contribution is -0.129. The summed E-state index contributed by atoms with van der Waals surface area (Å²) in [5.74, 6) is 0.197. The first kappa shape index (κ1) is 14.4. The Bertz CT molecular complexity index is 456. The molecule has 1 fully saturated rings. The van der Waals surface area contributed by atoms with E-state index in [2.05, 4.69) is 15.2 Å². The number of carbonyl (C=O) groups excluding carboxylic acids is 1. The van der Waals surface area contributed by atoms with Crippen molar-refractivity contribution >= 4 is 17.4 Å². The summed E-state index contributed by atoms with van der Waals surface area (Å²) in [6, 6.07) is 1.81. The Morgan fingerprint density at radius 2 is 2.16 bits per heavy atom. The van der Waals surface area contributed by atoms with Crippen molar-refractivity contribution in [2.24, 2.45) is 0 Å². The van der Waals surface area contributed by atoms with Crippen LogP contribution in [0.2, 0.25) is 5.02 Å². The number of hydrogen-bond donors (Lipinski definition) is 1. The van der Waals surface area contributed by atoms with Crippen LogP contribution in [-0.4, -0.2) is 47.4 Å². The normalized spacial score (nSPS) is 17.4. The van der Waals surface area contributed by atoms with Gasteiger partial charge in [-0.25, -0.2) is 0 Å². The molecule has 104 valence electrons. The number of Topliss-reactive ketones (excluding diaryl/α,β-unsaturated/α-hetero) is 1. The average molecular weight is 282 g/mol. The van der Waals surface area contributed by atoms with E-state index >= 15 is 0 Å². The maximum absolute atomic E-state index is 12.5. The molecule has 0 atom stereocenters. The Morgan fingerprint density at radius 1 is 1.47 bits per heavy atom. The molecule has 4 nitrogen and oxygen atoms in total. The molecule has 0 saturated carbocycles. The smallest absolute Gasteiger partial charge is 0.156 e. The van der Waals surface area contributed by atoms with E-state index in [-0.39, 0.29) is 5.78 Å². The van der Waals surface area contributed by atoms with Crippen LogP contribution in [0.3, 0.4) is 0 Å². The van der Waals surface area contributed by atoms with E-state index in [9.17, 15) is 4.79 Å². The summed E-state index contributed by atoms with van der Waals surface area (Å²) in [5, 5.41) is 3.86. The molecule has 2 heterocycles. The number of halogens is 1. The van der Waals surface area contributed by atoms with Crippen LogP contribution < -0.4 is 5.32 Å². The quantitative estimate of drug-likeness (QED) is 0.909. The van der Waals surface area contributed by atoms with Crippen molar-refractivity contribution in [3.8, 4) is 0 Å². The van der Waals surface area contributed by atoms with Crippen LogP contribution in [0.5, 0.6) is 0 Å². The fraction of sp³-hybridized carbons (Fsp3) is 0.571. The molecule has 19 heavy (non-hydrogen) atoms. The predicted octanol–water partition coefficient (Wildman–Crippen LogP) is 1.53. The fourth-order valence-electron chi connectivity index (χ4n) is 2.34. The third-order valence-electron chi connectivity index (χ3n) is 3.80. The van der Waals surface area contributed by atoms with Crippen molar-refractivity contribution in [1.29, 1.82) is 0 Å². The molecule has 1 saturated heterocycles. The van der Waals surface area contributed by atoms with Crippen LogP contribution in [0, 0.1) is 0 Å². The molecule has 0 radical (unpaired) electrons. The number of aromatic nitrogens is 1.